The summed E-state index contributed by atoms with van der Waals surface area (Å²) < 4.78 is 15.4. The van der Waals surface area contributed by atoms with Crippen molar-refractivity contribution in [2.75, 3.05) is 18.5 Å². The predicted octanol–water partition coefficient (Wildman–Crippen LogP) is 2.88. The molecule has 3 rings (SSSR count). The molecule has 0 bridgehead atoms. The van der Waals surface area contributed by atoms with E-state index in [4.69, 9.17) is 21.7 Å². The van der Waals surface area contributed by atoms with Crippen LogP contribution in [0.3, 0.4) is 0 Å². The van der Waals surface area contributed by atoms with Crippen LogP contribution in [0.5, 0.6) is 0 Å². The fourth-order valence-corrected chi connectivity index (χ4v) is 3.14. The van der Waals surface area contributed by atoms with E-state index < -0.39 is 11.9 Å². The van der Waals surface area contributed by atoms with Crippen molar-refractivity contribution in [3.05, 3.63) is 40.3 Å². The second-order valence-electron chi connectivity index (χ2n) is 5.23. The van der Waals surface area contributed by atoms with Crippen molar-refractivity contribution < 1.29 is 19.1 Å². The third kappa shape index (κ3) is 3.92. The normalized spacial score (nSPS) is 10.5. The summed E-state index contributed by atoms with van der Waals surface area (Å²) in [5, 5.41) is 14.0. The summed E-state index contributed by atoms with van der Waals surface area (Å²) in [4.78, 5) is 24.0. The number of rotatable bonds is 7. The number of hydrogen-bond acceptors (Lipinski definition) is 10. The van der Waals surface area contributed by atoms with Crippen molar-refractivity contribution in [2.24, 2.45) is 0 Å². The highest BCUT2D eigenvalue weighted by atomic mass is 32.1. The number of aromatic nitrogens is 5. The minimum atomic E-state index is -0.607. The lowest BCUT2D eigenvalue weighted by molar-refractivity contribution is 0.0510. The fourth-order valence-electron chi connectivity index (χ4n) is 2.30. The van der Waals surface area contributed by atoms with Crippen molar-refractivity contribution in [1.29, 1.82) is 0 Å². The van der Waals surface area contributed by atoms with Crippen molar-refractivity contribution in [3.8, 4) is 5.69 Å². The lowest BCUT2D eigenvalue weighted by atomic mass is 10.2. The zero-order valence-corrected chi connectivity index (χ0v) is 16.6. The fraction of sp³-hybridized carbons (Fsp3) is 0.250. The molecule has 0 spiro atoms. The summed E-state index contributed by atoms with van der Waals surface area (Å²) in [5.74, 6) is -1.18. The Morgan fingerprint density at radius 1 is 1.18 bits per heavy atom. The number of carbonyl (C=O) groups excluding carboxylic acids is 2. The molecule has 0 saturated heterocycles. The average Bonchev–Trinajstić information content (AvgIpc) is 3.29. The van der Waals surface area contributed by atoms with Crippen LogP contribution >= 0.6 is 23.8 Å². The molecule has 2 N–H and O–H groups in total. The van der Waals surface area contributed by atoms with Crippen LogP contribution in [-0.4, -0.2) is 49.7 Å². The van der Waals surface area contributed by atoms with Crippen LogP contribution in [-0.2, 0) is 9.47 Å². The van der Waals surface area contributed by atoms with E-state index in [-0.39, 0.29) is 29.2 Å². The molecule has 2 heterocycles. The molecule has 0 fully saturated rings. The minimum absolute atomic E-state index is 0.0123. The van der Waals surface area contributed by atoms with Crippen LogP contribution in [0.1, 0.15) is 34.8 Å². The lowest BCUT2D eigenvalue weighted by Crippen LogP contribution is -2.09. The van der Waals surface area contributed by atoms with Crippen molar-refractivity contribution in [2.45, 2.75) is 13.8 Å². The summed E-state index contributed by atoms with van der Waals surface area (Å²) in [5.41, 5.74) is 1.27. The number of esters is 2. The molecule has 2 aromatic heterocycles. The van der Waals surface area contributed by atoms with Gasteiger partial charge in [-0.25, -0.2) is 19.5 Å². The van der Waals surface area contributed by atoms with E-state index in [1.807, 2.05) is 0 Å². The molecule has 3 aromatic rings. The summed E-state index contributed by atoms with van der Waals surface area (Å²) in [6.45, 7) is 3.85. The molecule has 0 radical (unpaired) electrons. The number of nitrogens with zero attached hydrogens (tertiary/aromatic N) is 4. The first-order chi connectivity index (χ1) is 13.6. The summed E-state index contributed by atoms with van der Waals surface area (Å²) in [6.07, 6.45) is 0. The Labute approximate surface area is 168 Å². The van der Waals surface area contributed by atoms with Gasteiger partial charge in [-0.2, -0.15) is 0 Å². The maximum Gasteiger partial charge on any atom is 0.362 e. The largest absolute Gasteiger partial charge is 0.461 e. The standard InChI is InChI=1S/C16H16N6O4S2/c1-3-25-15(23)11-13(28-21-19-11)17-9-7-5-6-8-10(9)22-14(27)12(18-20-22)16(24)26-4-2/h5-8,17,20H,3-4H2,1-2H3. The molecule has 0 unspecified atom stereocenters. The van der Waals surface area contributed by atoms with Crippen molar-refractivity contribution in [3.63, 3.8) is 0 Å². The predicted molar refractivity (Wildman–Crippen MR) is 104 cm³/mol. The number of carbonyl (C=O) groups is 2. The van der Waals surface area contributed by atoms with Crippen LogP contribution in [0.15, 0.2) is 24.3 Å². The minimum Gasteiger partial charge on any atom is -0.461 e. The highest BCUT2D eigenvalue weighted by Crippen LogP contribution is 2.28. The van der Waals surface area contributed by atoms with E-state index >= 15 is 0 Å². The van der Waals surface area contributed by atoms with E-state index in [2.05, 4.69) is 25.2 Å². The molecule has 28 heavy (non-hydrogen) atoms. The first-order valence-electron chi connectivity index (χ1n) is 8.27. The summed E-state index contributed by atoms with van der Waals surface area (Å²) >= 11 is 6.37. The van der Waals surface area contributed by atoms with Gasteiger partial charge in [-0.1, -0.05) is 28.8 Å². The van der Waals surface area contributed by atoms with Crippen LogP contribution in [0.2, 0.25) is 0 Å². The Bertz CT molecular complexity index is 1060. The quantitative estimate of drug-likeness (QED) is 0.438. The smallest absolute Gasteiger partial charge is 0.362 e. The molecule has 12 heteroatoms. The Kier molecular flexibility index (Phi) is 6.11. The Morgan fingerprint density at radius 2 is 1.86 bits per heavy atom. The van der Waals surface area contributed by atoms with Gasteiger partial charge in [0.05, 0.1) is 24.6 Å². The number of anilines is 2. The van der Waals surface area contributed by atoms with E-state index in [0.29, 0.717) is 16.4 Å². The van der Waals surface area contributed by atoms with Crippen LogP contribution in [0.25, 0.3) is 5.69 Å². The van der Waals surface area contributed by atoms with E-state index in [1.165, 1.54) is 4.68 Å². The molecular weight excluding hydrogens is 404 g/mol. The van der Waals surface area contributed by atoms with Gasteiger partial charge >= 0.3 is 11.9 Å². The number of H-pyrrole nitrogens is 1. The molecular formula is C16H16N6O4S2. The third-order valence-electron chi connectivity index (χ3n) is 3.49. The molecule has 0 saturated carbocycles. The second-order valence-corrected chi connectivity index (χ2v) is 6.38. The van der Waals surface area contributed by atoms with Gasteiger partial charge in [0.15, 0.2) is 4.64 Å². The second kappa shape index (κ2) is 8.71. The molecule has 0 atom stereocenters. The van der Waals surface area contributed by atoms with E-state index in [1.54, 1.807) is 38.1 Å². The molecule has 1 aromatic carbocycles. The number of hydrogen-bond donors (Lipinski definition) is 2. The summed E-state index contributed by atoms with van der Waals surface area (Å²) in [6, 6.07) is 7.14. The number of benzene rings is 1. The third-order valence-corrected chi connectivity index (χ3v) is 4.50. The van der Waals surface area contributed by atoms with Gasteiger partial charge in [-0.05, 0) is 26.0 Å². The summed E-state index contributed by atoms with van der Waals surface area (Å²) in [7, 11) is 0. The number of ether oxygens (including phenoxy) is 2. The van der Waals surface area contributed by atoms with Gasteiger partial charge in [0, 0.05) is 11.5 Å². The molecule has 0 amide bonds. The van der Waals surface area contributed by atoms with Gasteiger partial charge in [-0.15, -0.1) is 10.2 Å². The van der Waals surface area contributed by atoms with Crippen molar-refractivity contribution in [1.82, 2.24) is 24.6 Å². The van der Waals surface area contributed by atoms with Gasteiger partial charge < -0.3 is 14.8 Å². The monoisotopic (exact) mass is 420 g/mol. The maximum absolute atomic E-state index is 12.0. The number of aromatic amines is 1. The van der Waals surface area contributed by atoms with E-state index in [9.17, 15) is 9.59 Å². The van der Waals surface area contributed by atoms with Gasteiger partial charge in [-0.3, -0.25) is 0 Å². The van der Waals surface area contributed by atoms with Gasteiger partial charge in [0.2, 0.25) is 11.4 Å². The SMILES string of the molecule is CCOC(=O)c1nnsc1Nc1ccccc1-n1[nH]nc(C(=O)OCC)c1=S. The molecule has 146 valence electrons. The van der Waals surface area contributed by atoms with Crippen molar-refractivity contribution >= 4 is 46.4 Å². The first kappa shape index (κ1) is 19.6. The van der Waals surface area contributed by atoms with Gasteiger partial charge in [0.25, 0.3) is 0 Å². The molecule has 0 aliphatic heterocycles. The average molecular weight is 420 g/mol. The zero-order chi connectivity index (χ0) is 20.1. The number of nitrogens with one attached hydrogen (secondary N) is 2. The van der Waals surface area contributed by atoms with Crippen LogP contribution in [0.4, 0.5) is 10.7 Å². The molecule has 0 aliphatic rings. The Morgan fingerprint density at radius 3 is 2.57 bits per heavy atom. The van der Waals surface area contributed by atoms with Gasteiger partial charge in [0.1, 0.15) is 5.00 Å². The molecule has 10 nitrogen and oxygen atoms in total. The van der Waals surface area contributed by atoms with Crippen LogP contribution < -0.4 is 5.32 Å². The Balaban J connectivity index is 1.96. The van der Waals surface area contributed by atoms with Crippen LogP contribution in [0, 0.1) is 4.64 Å². The van der Waals surface area contributed by atoms with E-state index in [0.717, 1.165) is 11.5 Å². The highest BCUT2D eigenvalue weighted by molar-refractivity contribution is 7.71. The lowest BCUT2D eigenvalue weighted by Gasteiger charge is -2.11. The first-order valence-corrected chi connectivity index (χ1v) is 9.45. The number of para-hydroxylation sites is 2. The Hall–Kier alpha value is -3.12. The highest BCUT2D eigenvalue weighted by Gasteiger charge is 2.20. The maximum atomic E-state index is 12.0. The topological polar surface area (TPSA) is 124 Å². The zero-order valence-electron chi connectivity index (χ0n) is 15.0. The molecule has 0 aliphatic carbocycles.